The van der Waals surface area contributed by atoms with Crippen molar-refractivity contribution in [2.45, 2.75) is 13.0 Å². The van der Waals surface area contributed by atoms with Gasteiger partial charge in [0.05, 0.1) is 24.1 Å². The molecule has 17 heavy (non-hydrogen) atoms. The van der Waals surface area contributed by atoms with Gasteiger partial charge in [0.25, 0.3) is 0 Å². The van der Waals surface area contributed by atoms with Crippen molar-refractivity contribution in [1.82, 2.24) is 9.97 Å². The minimum Gasteiger partial charge on any atom is -0.377 e. The second-order valence-corrected chi connectivity index (χ2v) is 4.48. The molecule has 0 fully saturated rings. The van der Waals surface area contributed by atoms with E-state index in [1.807, 2.05) is 19.1 Å². The van der Waals surface area contributed by atoms with Crippen LogP contribution in [0.3, 0.4) is 0 Å². The second kappa shape index (κ2) is 5.23. The predicted molar refractivity (Wildman–Crippen MR) is 68.2 cm³/mol. The maximum atomic E-state index is 13.0. The quantitative estimate of drug-likeness (QED) is 0.880. The Kier molecular flexibility index (Phi) is 3.68. The molecule has 2 rings (SSSR count). The first kappa shape index (κ1) is 12.0. The molecule has 1 N–H and O–H groups in total. The summed E-state index contributed by atoms with van der Waals surface area (Å²) in [5, 5.41) is 3.22. The zero-order valence-electron chi connectivity index (χ0n) is 9.19. The molecule has 0 bridgehead atoms. The second-order valence-electron chi connectivity index (χ2n) is 3.67. The van der Waals surface area contributed by atoms with E-state index in [-0.39, 0.29) is 11.9 Å². The highest BCUT2D eigenvalue weighted by molar-refractivity contribution is 9.10. The number of halogens is 2. The zero-order valence-corrected chi connectivity index (χ0v) is 10.8. The van der Waals surface area contributed by atoms with Gasteiger partial charge in [-0.3, -0.25) is 4.98 Å². The average molecular weight is 296 g/mol. The van der Waals surface area contributed by atoms with Crippen molar-refractivity contribution in [2.24, 2.45) is 0 Å². The van der Waals surface area contributed by atoms with E-state index in [0.717, 1.165) is 15.9 Å². The average Bonchev–Trinajstić information content (AvgIpc) is 2.32. The number of hydrogen-bond acceptors (Lipinski definition) is 3. The molecule has 1 atom stereocenters. The third-order valence-electron chi connectivity index (χ3n) is 2.34. The van der Waals surface area contributed by atoms with Gasteiger partial charge in [0.2, 0.25) is 0 Å². The smallest absolute Gasteiger partial charge is 0.141 e. The maximum Gasteiger partial charge on any atom is 0.141 e. The van der Waals surface area contributed by atoms with Gasteiger partial charge in [-0.25, -0.2) is 9.37 Å². The third kappa shape index (κ3) is 3.23. The van der Waals surface area contributed by atoms with Crippen molar-refractivity contribution in [3.63, 3.8) is 0 Å². The molecule has 2 heterocycles. The van der Waals surface area contributed by atoms with Gasteiger partial charge in [-0.2, -0.15) is 0 Å². The molecule has 0 aromatic carbocycles. The Morgan fingerprint density at radius 1 is 1.29 bits per heavy atom. The van der Waals surface area contributed by atoms with Crippen molar-refractivity contribution in [3.05, 3.63) is 52.8 Å². The Labute approximate surface area is 107 Å². The predicted octanol–water partition coefficient (Wildman–Crippen LogP) is 3.55. The molecular weight excluding hydrogens is 285 g/mol. The van der Waals surface area contributed by atoms with Crippen LogP contribution in [0.2, 0.25) is 0 Å². The molecular formula is C12H11BrFN3. The summed E-state index contributed by atoms with van der Waals surface area (Å²) in [6.45, 7) is 1.94. The van der Waals surface area contributed by atoms with Crippen LogP contribution in [0.4, 0.5) is 10.1 Å². The van der Waals surface area contributed by atoms with Gasteiger partial charge in [0.15, 0.2) is 0 Å². The number of pyridine rings is 2. The summed E-state index contributed by atoms with van der Waals surface area (Å²) in [5.41, 5.74) is 1.68. The first-order valence-corrected chi connectivity index (χ1v) is 5.93. The lowest BCUT2D eigenvalue weighted by Gasteiger charge is -2.14. The molecule has 0 aliphatic heterocycles. The van der Waals surface area contributed by atoms with Gasteiger partial charge >= 0.3 is 0 Å². The maximum absolute atomic E-state index is 13.0. The lowest BCUT2D eigenvalue weighted by atomic mass is 10.1. The Bertz CT molecular complexity index is 501. The molecule has 5 heteroatoms. The molecule has 0 amide bonds. The highest BCUT2D eigenvalue weighted by atomic mass is 79.9. The van der Waals surface area contributed by atoms with Gasteiger partial charge in [-0.1, -0.05) is 0 Å². The minimum atomic E-state index is -0.329. The summed E-state index contributed by atoms with van der Waals surface area (Å²) in [4.78, 5) is 7.93. The monoisotopic (exact) mass is 295 g/mol. The molecule has 2 aromatic heterocycles. The first-order valence-electron chi connectivity index (χ1n) is 5.13. The summed E-state index contributed by atoms with van der Waals surface area (Å²) in [7, 11) is 0. The summed E-state index contributed by atoms with van der Waals surface area (Å²) < 4.78 is 13.8. The topological polar surface area (TPSA) is 37.8 Å². The fraction of sp³-hybridized carbons (Fsp3) is 0.167. The Morgan fingerprint density at radius 2 is 2.12 bits per heavy atom. The van der Waals surface area contributed by atoms with Crippen molar-refractivity contribution in [3.8, 4) is 0 Å². The Hall–Kier alpha value is -1.49. The van der Waals surface area contributed by atoms with E-state index >= 15 is 0 Å². The fourth-order valence-corrected chi connectivity index (χ4v) is 1.69. The summed E-state index contributed by atoms with van der Waals surface area (Å²) in [6.07, 6.45) is 4.55. The normalized spacial score (nSPS) is 12.2. The van der Waals surface area contributed by atoms with Gasteiger partial charge in [0, 0.05) is 6.20 Å². The lowest BCUT2D eigenvalue weighted by Crippen LogP contribution is -2.07. The Morgan fingerprint density at radius 3 is 2.76 bits per heavy atom. The van der Waals surface area contributed by atoms with E-state index in [4.69, 9.17) is 0 Å². The van der Waals surface area contributed by atoms with E-state index < -0.39 is 0 Å². The summed E-state index contributed by atoms with van der Waals surface area (Å²) >= 11 is 3.27. The van der Waals surface area contributed by atoms with Crippen LogP contribution in [0.25, 0.3) is 0 Å². The number of hydrogen-bond donors (Lipinski definition) is 1. The number of rotatable bonds is 3. The molecule has 0 saturated carbocycles. The van der Waals surface area contributed by atoms with Crippen LogP contribution in [0.5, 0.6) is 0 Å². The van der Waals surface area contributed by atoms with Gasteiger partial charge in [-0.05, 0) is 46.6 Å². The highest BCUT2D eigenvalue weighted by Gasteiger charge is 2.06. The van der Waals surface area contributed by atoms with E-state index in [1.54, 1.807) is 12.4 Å². The molecule has 3 nitrogen and oxygen atoms in total. The molecule has 0 saturated heterocycles. The van der Waals surface area contributed by atoms with Crippen molar-refractivity contribution < 1.29 is 4.39 Å². The van der Waals surface area contributed by atoms with E-state index in [0.29, 0.717) is 0 Å². The van der Waals surface area contributed by atoms with Crippen LogP contribution in [0.15, 0.2) is 41.4 Å². The van der Waals surface area contributed by atoms with Crippen LogP contribution in [0, 0.1) is 5.82 Å². The van der Waals surface area contributed by atoms with Crippen molar-refractivity contribution in [1.29, 1.82) is 0 Å². The fourth-order valence-electron chi connectivity index (χ4n) is 1.46. The summed E-state index contributed by atoms with van der Waals surface area (Å²) in [6, 6.07) is 5.19. The molecule has 0 spiro atoms. The van der Waals surface area contributed by atoms with E-state index in [1.165, 1.54) is 12.3 Å². The minimum absolute atomic E-state index is 0.0267. The molecule has 0 aliphatic rings. The van der Waals surface area contributed by atoms with Crippen LogP contribution in [-0.4, -0.2) is 9.97 Å². The Balaban J connectivity index is 2.11. The van der Waals surface area contributed by atoms with Crippen LogP contribution in [-0.2, 0) is 0 Å². The van der Waals surface area contributed by atoms with E-state index in [2.05, 4.69) is 31.2 Å². The van der Waals surface area contributed by atoms with Gasteiger partial charge in [0.1, 0.15) is 10.4 Å². The number of aromatic nitrogens is 2. The SMILES string of the molecule is CC(Nc1ccc(Br)nc1)c1cncc(F)c1. The number of nitrogens with one attached hydrogen (secondary N) is 1. The lowest BCUT2D eigenvalue weighted by molar-refractivity contribution is 0.616. The number of nitrogens with zero attached hydrogens (tertiary/aromatic N) is 2. The van der Waals surface area contributed by atoms with E-state index in [9.17, 15) is 4.39 Å². The first-order chi connectivity index (χ1) is 8.15. The van der Waals surface area contributed by atoms with Gasteiger partial charge in [-0.15, -0.1) is 0 Å². The number of anilines is 1. The molecule has 0 aliphatic carbocycles. The molecule has 1 unspecified atom stereocenters. The molecule has 88 valence electrons. The standard InChI is InChI=1S/C12H11BrFN3/c1-8(9-4-10(14)6-15-5-9)17-11-2-3-12(13)16-7-11/h2-8,17H,1H3. The van der Waals surface area contributed by atoms with Crippen LogP contribution >= 0.6 is 15.9 Å². The summed E-state index contributed by atoms with van der Waals surface area (Å²) in [5.74, 6) is -0.329. The van der Waals surface area contributed by atoms with Crippen LogP contribution in [0.1, 0.15) is 18.5 Å². The third-order valence-corrected chi connectivity index (χ3v) is 2.81. The van der Waals surface area contributed by atoms with Crippen LogP contribution < -0.4 is 5.32 Å². The molecule has 0 radical (unpaired) electrons. The van der Waals surface area contributed by atoms with Crippen molar-refractivity contribution in [2.75, 3.05) is 5.32 Å². The molecule has 2 aromatic rings. The highest BCUT2D eigenvalue weighted by Crippen LogP contribution is 2.19. The zero-order chi connectivity index (χ0) is 12.3. The largest absolute Gasteiger partial charge is 0.377 e. The van der Waals surface area contributed by atoms with Crippen molar-refractivity contribution >= 4 is 21.6 Å². The van der Waals surface area contributed by atoms with Gasteiger partial charge < -0.3 is 5.32 Å².